The van der Waals surface area contributed by atoms with E-state index in [4.69, 9.17) is 9.47 Å². The van der Waals surface area contributed by atoms with Gasteiger partial charge in [0.25, 0.3) is 0 Å². The first-order valence-electron chi connectivity index (χ1n) is 7.13. The van der Waals surface area contributed by atoms with Crippen molar-refractivity contribution in [2.45, 2.75) is 5.54 Å². The van der Waals surface area contributed by atoms with Gasteiger partial charge in [-0.3, -0.25) is 14.1 Å². The molecule has 0 radical (unpaired) electrons. The van der Waals surface area contributed by atoms with E-state index in [9.17, 15) is 9.18 Å². The van der Waals surface area contributed by atoms with Gasteiger partial charge in [0.05, 0.1) is 45.8 Å². The molecule has 118 valence electrons. The number of benzene rings is 1. The lowest BCUT2D eigenvalue weighted by molar-refractivity contribution is -0.118. The van der Waals surface area contributed by atoms with Gasteiger partial charge < -0.3 is 9.47 Å². The van der Waals surface area contributed by atoms with Crippen molar-refractivity contribution in [1.82, 2.24) is 14.1 Å². The molecule has 0 N–H and O–H groups in total. The van der Waals surface area contributed by atoms with Crippen LogP contribution in [0.3, 0.4) is 0 Å². The standard InChI is InChI=1S/C15H11BrFN3O3/c1-19-9-3-18-8-2-7(17)11(16)13-10(8)12(9)20(14(19)21)15(6-23-13)4-22-5-15/h2-3H,4-6H2,1H3. The van der Waals surface area contributed by atoms with Gasteiger partial charge in [-0.05, 0) is 15.9 Å². The molecular weight excluding hydrogens is 369 g/mol. The van der Waals surface area contributed by atoms with E-state index in [-0.39, 0.29) is 16.8 Å². The second-order valence-corrected chi connectivity index (χ2v) is 6.86. The second kappa shape index (κ2) is 4.12. The Morgan fingerprint density at radius 2 is 2.17 bits per heavy atom. The molecule has 6 nitrogen and oxygen atoms in total. The zero-order valence-corrected chi connectivity index (χ0v) is 13.7. The highest BCUT2D eigenvalue weighted by Gasteiger charge is 2.46. The normalized spacial score (nSPS) is 18.4. The van der Waals surface area contributed by atoms with E-state index in [1.165, 1.54) is 6.07 Å². The molecule has 23 heavy (non-hydrogen) atoms. The van der Waals surface area contributed by atoms with Gasteiger partial charge in [0.15, 0.2) is 0 Å². The summed E-state index contributed by atoms with van der Waals surface area (Å²) in [5.74, 6) is -0.0498. The predicted octanol–water partition coefficient (Wildman–Crippen LogP) is 1.91. The SMILES string of the molecule is Cn1c(=O)n2c3c4c(c(Br)c(F)cc4ncc31)OCC21COC1. The van der Waals surface area contributed by atoms with E-state index in [2.05, 4.69) is 20.9 Å². The van der Waals surface area contributed by atoms with Crippen molar-refractivity contribution in [2.24, 2.45) is 7.05 Å². The number of imidazole rings is 1. The van der Waals surface area contributed by atoms with Crippen LogP contribution in [0, 0.1) is 5.82 Å². The summed E-state index contributed by atoms with van der Waals surface area (Å²) in [5.41, 5.74) is 1.18. The highest BCUT2D eigenvalue weighted by molar-refractivity contribution is 9.10. The third kappa shape index (κ3) is 1.46. The highest BCUT2D eigenvalue weighted by atomic mass is 79.9. The van der Waals surface area contributed by atoms with E-state index in [1.807, 2.05) is 0 Å². The van der Waals surface area contributed by atoms with Crippen molar-refractivity contribution >= 4 is 37.9 Å². The predicted molar refractivity (Wildman–Crippen MR) is 84.4 cm³/mol. The number of hydrogen-bond donors (Lipinski definition) is 0. The number of rotatable bonds is 0. The van der Waals surface area contributed by atoms with E-state index in [0.717, 1.165) is 5.52 Å². The largest absolute Gasteiger partial charge is 0.489 e. The summed E-state index contributed by atoms with van der Waals surface area (Å²) in [7, 11) is 1.71. The zero-order valence-electron chi connectivity index (χ0n) is 12.1. The molecule has 0 bridgehead atoms. The summed E-state index contributed by atoms with van der Waals surface area (Å²) in [5, 5.41) is 0.650. The quantitative estimate of drug-likeness (QED) is 0.598. The van der Waals surface area contributed by atoms with E-state index >= 15 is 0 Å². The number of fused-ring (bicyclic) bond motifs is 1. The topological polar surface area (TPSA) is 58.3 Å². The van der Waals surface area contributed by atoms with Crippen LogP contribution in [-0.2, 0) is 17.3 Å². The molecule has 8 heteroatoms. The number of halogens is 2. The van der Waals surface area contributed by atoms with Crippen LogP contribution in [0.2, 0.25) is 0 Å². The van der Waals surface area contributed by atoms with Gasteiger partial charge >= 0.3 is 5.69 Å². The highest BCUT2D eigenvalue weighted by Crippen LogP contribution is 2.43. The molecule has 0 atom stereocenters. The molecule has 1 fully saturated rings. The van der Waals surface area contributed by atoms with Crippen LogP contribution in [-0.4, -0.2) is 33.9 Å². The summed E-state index contributed by atoms with van der Waals surface area (Å²) >= 11 is 3.26. The van der Waals surface area contributed by atoms with Gasteiger partial charge in [-0.15, -0.1) is 0 Å². The summed E-state index contributed by atoms with van der Waals surface area (Å²) in [4.78, 5) is 17.1. The Labute approximate surface area is 137 Å². The Morgan fingerprint density at radius 3 is 2.87 bits per heavy atom. The van der Waals surface area contributed by atoms with Crippen LogP contribution in [0.1, 0.15) is 0 Å². The van der Waals surface area contributed by atoms with E-state index in [1.54, 1.807) is 22.4 Å². The average molecular weight is 380 g/mol. The Bertz CT molecular complexity index is 1070. The van der Waals surface area contributed by atoms with Crippen LogP contribution in [0.5, 0.6) is 5.75 Å². The second-order valence-electron chi connectivity index (χ2n) is 6.07. The fourth-order valence-electron chi connectivity index (χ4n) is 3.46. The van der Waals surface area contributed by atoms with Gasteiger partial charge in [-0.1, -0.05) is 0 Å². The lowest BCUT2D eigenvalue weighted by Gasteiger charge is -2.40. The van der Waals surface area contributed by atoms with Crippen molar-refractivity contribution in [3.63, 3.8) is 0 Å². The molecule has 0 unspecified atom stereocenters. The smallest absolute Gasteiger partial charge is 0.329 e. The Morgan fingerprint density at radius 1 is 1.39 bits per heavy atom. The Hall–Kier alpha value is -1.93. The summed E-state index contributed by atoms with van der Waals surface area (Å²) in [6.45, 7) is 1.03. The molecule has 0 saturated carbocycles. The maximum absolute atomic E-state index is 14.2. The van der Waals surface area contributed by atoms with Crippen molar-refractivity contribution in [1.29, 1.82) is 0 Å². The average Bonchev–Trinajstić information content (AvgIpc) is 2.67. The van der Waals surface area contributed by atoms with E-state index < -0.39 is 11.4 Å². The first kappa shape index (κ1) is 13.5. The number of aryl methyl sites for hydroxylation is 1. The lowest BCUT2D eigenvalue weighted by atomic mass is 9.98. The van der Waals surface area contributed by atoms with Crippen LogP contribution in [0.15, 0.2) is 21.5 Å². The minimum Gasteiger partial charge on any atom is -0.489 e. The molecule has 1 aromatic carbocycles. The number of hydrogen-bond acceptors (Lipinski definition) is 4. The molecule has 1 saturated heterocycles. The fraction of sp³-hybridized carbons (Fsp3) is 0.333. The molecular formula is C15H11BrFN3O3. The van der Waals surface area contributed by atoms with Gasteiger partial charge in [0.2, 0.25) is 0 Å². The molecule has 2 aliphatic heterocycles. The number of aromatic nitrogens is 3. The molecule has 4 heterocycles. The minimum absolute atomic E-state index is 0.144. The molecule has 0 aliphatic carbocycles. The number of pyridine rings is 1. The van der Waals surface area contributed by atoms with Crippen LogP contribution >= 0.6 is 15.9 Å². The molecule has 0 amide bonds. The van der Waals surface area contributed by atoms with Gasteiger partial charge in [0, 0.05) is 13.1 Å². The zero-order chi connectivity index (χ0) is 15.9. The monoisotopic (exact) mass is 379 g/mol. The molecule has 3 aromatic rings. The summed E-state index contributed by atoms with van der Waals surface area (Å²) < 4.78 is 29.0. The number of ether oxygens (including phenoxy) is 2. The third-order valence-electron chi connectivity index (χ3n) is 4.73. The van der Waals surface area contributed by atoms with Gasteiger partial charge in [-0.2, -0.15) is 0 Å². The van der Waals surface area contributed by atoms with Crippen LogP contribution in [0.4, 0.5) is 4.39 Å². The molecule has 1 spiro atoms. The first-order chi connectivity index (χ1) is 11.0. The van der Waals surface area contributed by atoms with Gasteiger partial charge in [-0.25, -0.2) is 9.18 Å². The van der Waals surface area contributed by atoms with Crippen LogP contribution < -0.4 is 10.4 Å². The molecule has 2 aliphatic rings. The van der Waals surface area contributed by atoms with Crippen molar-refractivity contribution < 1.29 is 13.9 Å². The summed E-state index contributed by atoms with van der Waals surface area (Å²) in [6.07, 6.45) is 1.60. The van der Waals surface area contributed by atoms with Crippen LogP contribution in [0.25, 0.3) is 21.9 Å². The molecule has 5 rings (SSSR count). The first-order valence-corrected chi connectivity index (χ1v) is 7.92. The Kier molecular flexibility index (Phi) is 2.42. The maximum Gasteiger partial charge on any atom is 0.329 e. The maximum atomic E-state index is 14.2. The molecule has 2 aromatic heterocycles. The lowest BCUT2D eigenvalue weighted by Crippen LogP contribution is -2.58. The minimum atomic E-state index is -0.556. The van der Waals surface area contributed by atoms with Crippen molar-refractivity contribution in [2.75, 3.05) is 19.8 Å². The van der Waals surface area contributed by atoms with Gasteiger partial charge in [0.1, 0.15) is 23.7 Å². The Balaban J connectivity index is 2.09. The summed E-state index contributed by atoms with van der Waals surface area (Å²) in [6, 6.07) is 1.35. The van der Waals surface area contributed by atoms with E-state index in [0.29, 0.717) is 35.4 Å². The van der Waals surface area contributed by atoms with Crippen molar-refractivity contribution in [3.05, 3.63) is 33.0 Å². The fourth-order valence-corrected chi connectivity index (χ4v) is 3.89. The third-order valence-corrected chi connectivity index (χ3v) is 5.46. The number of nitrogens with zero attached hydrogens (tertiary/aromatic N) is 3. The van der Waals surface area contributed by atoms with Crippen molar-refractivity contribution in [3.8, 4) is 5.75 Å².